The Hall–Kier alpha value is -1.88. The summed E-state index contributed by atoms with van der Waals surface area (Å²) < 4.78 is 4.87. The Morgan fingerprint density at radius 2 is 2.00 bits per heavy atom. The van der Waals surface area contributed by atoms with Gasteiger partial charge in [0.05, 0.1) is 5.92 Å². The molecule has 106 valence electrons. The largest absolute Gasteiger partial charge is 0.375 e. The minimum Gasteiger partial charge on any atom is -0.375 e. The van der Waals surface area contributed by atoms with Gasteiger partial charge in [0.25, 0.3) is 0 Å². The average Bonchev–Trinajstić information content (AvgIpc) is 3.00. The lowest BCUT2D eigenvalue weighted by atomic mass is 10.0. The number of hydrogen-bond donors (Lipinski definition) is 0. The van der Waals surface area contributed by atoms with E-state index in [0.29, 0.717) is 19.6 Å². The van der Waals surface area contributed by atoms with Crippen LogP contribution in [0.5, 0.6) is 0 Å². The molecule has 5 heteroatoms. The summed E-state index contributed by atoms with van der Waals surface area (Å²) in [6.07, 6.45) is 0. The van der Waals surface area contributed by atoms with Crippen LogP contribution in [0.1, 0.15) is 0 Å². The summed E-state index contributed by atoms with van der Waals surface area (Å²) in [6, 6.07) is 9.71. The first-order chi connectivity index (χ1) is 9.70. The highest BCUT2D eigenvalue weighted by Gasteiger charge is 2.47. The second kappa shape index (κ2) is 5.25. The second-order valence-corrected chi connectivity index (χ2v) is 5.38. The van der Waals surface area contributed by atoms with Gasteiger partial charge in [-0.3, -0.25) is 9.59 Å². The molecule has 20 heavy (non-hydrogen) atoms. The fraction of sp³-hybridized carbons (Fsp3) is 0.467. The van der Waals surface area contributed by atoms with Crippen molar-refractivity contribution in [3.63, 3.8) is 0 Å². The van der Waals surface area contributed by atoms with E-state index in [-0.39, 0.29) is 30.3 Å². The summed E-state index contributed by atoms with van der Waals surface area (Å²) in [5.74, 6) is 0.286. The third-order valence-corrected chi connectivity index (χ3v) is 4.13. The molecule has 0 radical (unpaired) electrons. The first kappa shape index (κ1) is 13.1. The topological polar surface area (TPSA) is 49.9 Å². The highest BCUT2D eigenvalue weighted by molar-refractivity contribution is 5.98. The number of methoxy groups -OCH3 is 1. The van der Waals surface area contributed by atoms with Crippen molar-refractivity contribution in [1.82, 2.24) is 4.90 Å². The monoisotopic (exact) mass is 274 g/mol. The first-order valence-corrected chi connectivity index (χ1v) is 6.84. The van der Waals surface area contributed by atoms with Crippen LogP contribution in [0.3, 0.4) is 0 Å². The number of nitrogens with zero attached hydrogens (tertiary/aromatic N) is 2. The van der Waals surface area contributed by atoms with Crippen LogP contribution in [0, 0.1) is 11.8 Å². The van der Waals surface area contributed by atoms with E-state index in [1.54, 1.807) is 4.90 Å². The lowest BCUT2D eigenvalue weighted by Crippen LogP contribution is -2.37. The number of carbonyl (C=O) groups is 2. The first-order valence-electron chi connectivity index (χ1n) is 6.84. The van der Waals surface area contributed by atoms with Gasteiger partial charge in [-0.05, 0) is 12.1 Å². The van der Waals surface area contributed by atoms with Crippen LogP contribution in [0.2, 0.25) is 0 Å². The van der Waals surface area contributed by atoms with Crippen molar-refractivity contribution in [3.8, 4) is 0 Å². The van der Waals surface area contributed by atoms with Gasteiger partial charge in [0.15, 0.2) is 0 Å². The number of anilines is 1. The molecule has 1 aromatic rings. The van der Waals surface area contributed by atoms with Gasteiger partial charge in [-0.1, -0.05) is 18.2 Å². The molecular weight excluding hydrogens is 256 g/mol. The Morgan fingerprint density at radius 1 is 1.25 bits per heavy atom. The maximum Gasteiger partial charge on any atom is 0.248 e. The minimum absolute atomic E-state index is 0.0269. The number of hydrogen-bond acceptors (Lipinski definition) is 3. The van der Waals surface area contributed by atoms with Crippen molar-refractivity contribution in [2.75, 3.05) is 38.3 Å². The predicted octanol–water partition coefficient (Wildman–Crippen LogP) is 0.754. The van der Waals surface area contributed by atoms with Crippen LogP contribution in [0.4, 0.5) is 5.69 Å². The quantitative estimate of drug-likeness (QED) is 0.817. The zero-order chi connectivity index (χ0) is 14.1. The predicted molar refractivity (Wildman–Crippen MR) is 74.2 cm³/mol. The number of para-hydroxylation sites is 1. The van der Waals surface area contributed by atoms with Crippen LogP contribution in [-0.2, 0) is 14.3 Å². The molecule has 0 spiro atoms. The molecular formula is C15H18N2O3. The summed E-state index contributed by atoms with van der Waals surface area (Å²) in [5, 5.41) is 0. The molecule has 5 nitrogen and oxygen atoms in total. The zero-order valence-corrected chi connectivity index (χ0v) is 11.5. The lowest BCUT2D eigenvalue weighted by molar-refractivity contribution is -0.134. The number of likely N-dealkylation sites (tertiary alicyclic amines) is 1. The van der Waals surface area contributed by atoms with Gasteiger partial charge < -0.3 is 14.5 Å². The number of fused-ring (bicyclic) bond motifs is 1. The number of benzene rings is 1. The van der Waals surface area contributed by atoms with E-state index in [1.165, 1.54) is 7.11 Å². The standard InChI is InChI=1S/C15H18N2O3/c1-20-10-14(18)16-7-11-8-17(15(19)13(11)9-16)12-5-3-2-4-6-12/h2-6,11,13H,7-10H2,1H3/t11-,13+/m1/s1. The summed E-state index contributed by atoms with van der Waals surface area (Å²) in [7, 11) is 1.51. The van der Waals surface area contributed by atoms with E-state index in [4.69, 9.17) is 4.74 Å². The molecule has 3 rings (SSSR count). The summed E-state index contributed by atoms with van der Waals surface area (Å²) in [5.41, 5.74) is 0.946. The van der Waals surface area contributed by atoms with Crippen molar-refractivity contribution in [3.05, 3.63) is 30.3 Å². The fourth-order valence-electron chi connectivity index (χ4n) is 3.12. The molecule has 0 saturated carbocycles. The molecule has 2 amide bonds. The van der Waals surface area contributed by atoms with E-state index in [0.717, 1.165) is 5.69 Å². The molecule has 0 aliphatic carbocycles. The highest BCUT2D eigenvalue weighted by Crippen LogP contribution is 2.34. The number of rotatable bonds is 3. The van der Waals surface area contributed by atoms with Crippen LogP contribution in [0.15, 0.2) is 30.3 Å². The van der Waals surface area contributed by atoms with Gasteiger partial charge in [-0.15, -0.1) is 0 Å². The van der Waals surface area contributed by atoms with Gasteiger partial charge >= 0.3 is 0 Å². The molecule has 0 bridgehead atoms. The van der Waals surface area contributed by atoms with Crippen molar-refractivity contribution in [1.29, 1.82) is 0 Å². The summed E-state index contributed by atoms with van der Waals surface area (Å²) in [6.45, 7) is 1.97. The SMILES string of the molecule is COCC(=O)N1C[C@@H]2CN(c3ccccc3)C(=O)[C@H]2C1. The van der Waals surface area contributed by atoms with Gasteiger partial charge in [0.1, 0.15) is 6.61 Å². The van der Waals surface area contributed by atoms with Crippen LogP contribution in [0.25, 0.3) is 0 Å². The third kappa shape index (κ3) is 2.18. The third-order valence-electron chi connectivity index (χ3n) is 4.13. The molecule has 0 unspecified atom stereocenters. The average molecular weight is 274 g/mol. The Kier molecular flexibility index (Phi) is 3.44. The summed E-state index contributed by atoms with van der Waals surface area (Å²) in [4.78, 5) is 27.9. The number of ether oxygens (including phenoxy) is 1. The maximum absolute atomic E-state index is 12.5. The maximum atomic E-state index is 12.5. The smallest absolute Gasteiger partial charge is 0.248 e. The van der Waals surface area contributed by atoms with Gasteiger partial charge in [-0.2, -0.15) is 0 Å². The molecule has 2 saturated heterocycles. The normalized spacial score (nSPS) is 25.1. The second-order valence-electron chi connectivity index (χ2n) is 5.38. The van der Waals surface area contributed by atoms with Gasteiger partial charge in [0, 0.05) is 38.3 Å². The van der Waals surface area contributed by atoms with Gasteiger partial charge in [-0.25, -0.2) is 0 Å². The fourth-order valence-corrected chi connectivity index (χ4v) is 3.12. The van der Waals surface area contributed by atoms with Crippen LogP contribution >= 0.6 is 0 Å². The highest BCUT2D eigenvalue weighted by atomic mass is 16.5. The van der Waals surface area contributed by atoms with Crippen molar-refractivity contribution < 1.29 is 14.3 Å². The molecule has 2 fully saturated rings. The van der Waals surface area contributed by atoms with E-state index in [2.05, 4.69) is 0 Å². The molecule has 1 aromatic carbocycles. The Balaban J connectivity index is 1.70. The molecule has 0 aromatic heterocycles. The molecule has 2 heterocycles. The molecule has 2 aliphatic heterocycles. The van der Waals surface area contributed by atoms with Crippen LogP contribution < -0.4 is 4.90 Å². The molecule has 0 N–H and O–H groups in total. The molecule has 2 atom stereocenters. The van der Waals surface area contributed by atoms with E-state index in [1.807, 2.05) is 35.2 Å². The Labute approximate surface area is 118 Å². The van der Waals surface area contributed by atoms with Gasteiger partial charge in [0.2, 0.25) is 11.8 Å². The van der Waals surface area contributed by atoms with Crippen molar-refractivity contribution in [2.24, 2.45) is 11.8 Å². The Morgan fingerprint density at radius 3 is 2.65 bits per heavy atom. The van der Waals surface area contributed by atoms with Crippen molar-refractivity contribution >= 4 is 17.5 Å². The number of amides is 2. The minimum atomic E-state index is -0.0592. The Bertz CT molecular complexity index is 517. The van der Waals surface area contributed by atoms with E-state index < -0.39 is 0 Å². The zero-order valence-electron chi connectivity index (χ0n) is 11.5. The summed E-state index contributed by atoms with van der Waals surface area (Å²) >= 11 is 0. The lowest BCUT2D eigenvalue weighted by Gasteiger charge is -2.21. The van der Waals surface area contributed by atoms with E-state index in [9.17, 15) is 9.59 Å². The number of carbonyl (C=O) groups excluding carboxylic acids is 2. The van der Waals surface area contributed by atoms with Crippen LogP contribution in [-0.4, -0.2) is 50.1 Å². The van der Waals surface area contributed by atoms with Crippen molar-refractivity contribution in [2.45, 2.75) is 0 Å². The molecule has 2 aliphatic rings. The van der Waals surface area contributed by atoms with E-state index >= 15 is 0 Å².